The average Bonchev–Trinajstić information content (AvgIpc) is 3.26. The molecule has 3 aliphatic heterocycles. The first-order chi connectivity index (χ1) is 15.3. The third-order valence-corrected chi connectivity index (χ3v) is 6.62. The third-order valence-electron chi connectivity index (χ3n) is 6.62. The minimum Gasteiger partial charge on any atom is -0.342 e. The second kappa shape index (κ2) is 7.58. The summed E-state index contributed by atoms with van der Waals surface area (Å²) in [7, 11) is 0. The smallest absolute Gasteiger partial charge is 0.259 e. The first-order valence-electron chi connectivity index (χ1n) is 10.5. The molecule has 3 heterocycles. The molecule has 2 aromatic rings. The van der Waals surface area contributed by atoms with Gasteiger partial charge in [-0.05, 0) is 42.7 Å². The SMILES string of the molecule is O=C(c1c(F)cccc1F)N1CCC2(CC1)OC1CCC(c3cc(F)cc(F)c3)N1C2=O. The molecule has 0 N–H and O–H groups in total. The number of ether oxygens (including phenoxy) is 1. The van der Waals surface area contributed by atoms with Gasteiger partial charge in [-0.25, -0.2) is 17.6 Å². The van der Waals surface area contributed by atoms with Gasteiger partial charge in [0.1, 0.15) is 35.1 Å². The van der Waals surface area contributed by atoms with Crippen LogP contribution < -0.4 is 0 Å². The molecule has 5 nitrogen and oxygen atoms in total. The molecule has 2 amide bonds. The zero-order valence-electron chi connectivity index (χ0n) is 17.0. The van der Waals surface area contributed by atoms with E-state index in [1.807, 2.05) is 0 Å². The molecule has 2 atom stereocenters. The Morgan fingerprint density at radius 1 is 0.969 bits per heavy atom. The first kappa shape index (κ1) is 20.9. The highest BCUT2D eigenvalue weighted by Gasteiger charge is 2.58. The van der Waals surface area contributed by atoms with E-state index in [0.717, 1.165) is 18.2 Å². The van der Waals surface area contributed by atoms with Crippen molar-refractivity contribution >= 4 is 11.8 Å². The Kier molecular flexibility index (Phi) is 4.96. The highest BCUT2D eigenvalue weighted by molar-refractivity contribution is 5.95. The minimum atomic E-state index is -1.15. The van der Waals surface area contributed by atoms with Crippen LogP contribution in [0.15, 0.2) is 36.4 Å². The van der Waals surface area contributed by atoms with E-state index in [2.05, 4.69) is 0 Å². The molecule has 168 valence electrons. The second-order valence-electron chi connectivity index (χ2n) is 8.46. The molecule has 0 saturated carbocycles. The number of piperidine rings is 1. The van der Waals surface area contributed by atoms with Gasteiger partial charge in [0.25, 0.3) is 11.8 Å². The van der Waals surface area contributed by atoms with Crippen molar-refractivity contribution in [3.63, 3.8) is 0 Å². The number of halogens is 4. The van der Waals surface area contributed by atoms with Crippen LogP contribution in [0, 0.1) is 23.3 Å². The van der Waals surface area contributed by atoms with E-state index >= 15 is 0 Å². The normalized spacial score (nSPS) is 24.3. The number of carbonyl (C=O) groups is 2. The van der Waals surface area contributed by atoms with Gasteiger partial charge in [-0.2, -0.15) is 0 Å². The lowest BCUT2D eigenvalue weighted by atomic mass is 9.89. The maximum Gasteiger partial charge on any atom is 0.259 e. The number of carbonyl (C=O) groups excluding carboxylic acids is 2. The Labute approximate surface area is 181 Å². The Morgan fingerprint density at radius 2 is 1.59 bits per heavy atom. The molecule has 2 aromatic carbocycles. The predicted octanol–water partition coefficient (Wildman–Crippen LogP) is 3.94. The van der Waals surface area contributed by atoms with Crippen LogP contribution >= 0.6 is 0 Å². The van der Waals surface area contributed by atoms with Crippen molar-refractivity contribution in [2.24, 2.45) is 0 Å². The quantitative estimate of drug-likeness (QED) is 0.654. The zero-order chi connectivity index (χ0) is 22.6. The number of hydrogen-bond donors (Lipinski definition) is 0. The number of rotatable bonds is 2. The van der Waals surface area contributed by atoms with Crippen LogP contribution in [0.5, 0.6) is 0 Å². The van der Waals surface area contributed by atoms with Crippen molar-refractivity contribution < 1.29 is 31.9 Å². The Balaban J connectivity index is 1.33. The molecule has 0 radical (unpaired) electrons. The summed E-state index contributed by atoms with van der Waals surface area (Å²) in [5.74, 6) is -4.34. The van der Waals surface area contributed by atoms with Gasteiger partial charge < -0.3 is 14.5 Å². The standard InChI is InChI=1S/C23H20F4N2O3/c24-14-10-13(11-15(25)12-14)18-4-5-19-29(18)22(31)23(32-19)6-8-28(9-7-23)21(30)20-16(26)2-1-3-17(20)27/h1-3,10-12,18-19H,4-9H2. The molecule has 0 aliphatic carbocycles. The maximum atomic E-state index is 14.0. The summed E-state index contributed by atoms with van der Waals surface area (Å²) in [6.45, 7) is 0.191. The van der Waals surface area contributed by atoms with Gasteiger partial charge in [0.15, 0.2) is 5.60 Å². The highest BCUT2D eigenvalue weighted by atomic mass is 19.1. The number of likely N-dealkylation sites (tertiary alicyclic amines) is 1. The van der Waals surface area contributed by atoms with Crippen molar-refractivity contribution in [3.05, 3.63) is 70.8 Å². The van der Waals surface area contributed by atoms with E-state index in [4.69, 9.17) is 4.74 Å². The van der Waals surface area contributed by atoms with E-state index in [9.17, 15) is 27.2 Å². The fourth-order valence-electron chi connectivity index (χ4n) is 5.07. The maximum absolute atomic E-state index is 14.0. The van der Waals surface area contributed by atoms with Gasteiger partial charge in [-0.15, -0.1) is 0 Å². The number of fused-ring (bicyclic) bond motifs is 1. The second-order valence-corrected chi connectivity index (χ2v) is 8.46. The Morgan fingerprint density at radius 3 is 2.22 bits per heavy atom. The molecule has 0 bridgehead atoms. The molecule has 32 heavy (non-hydrogen) atoms. The molecule has 3 fully saturated rings. The topological polar surface area (TPSA) is 49.9 Å². The summed E-state index contributed by atoms with van der Waals surface area (Å²) < 4.78 is 61.6. The molecule has 0 aromatic heterocycles. The minimum absolute atomic E-state index is 0.0954. The van der Waals surface area contributed by atoms with Gasteiger partial charge >= 0.3 is 0 Å². The fraction of sp³-hybridized carbons (Fsp3) is 0.391. The summed E-state index contributed by atoms with van der Waals surface area (Å²) in [6.07, 6.45) is 0.881. The van der Waals surface area contributed by atoms with Gasteiger partial charge in [0.2, 0.25) is 0 Å². The molecule has 5 rings (SSSR count). The molecule has 9 heteroatoms. The number of amides is 2. The average molecular weight is 448 g/mol. The number of hydrogen-bond acceptors (Lipinski definition) is 3. The lowest BCUT2D eigenvalue weighted by Gasteiger charge is -2.37. The number of nitrogens with zero attached hydrogens (tertiary/aromatic N) is 2. The van der Waals surface area contributed by atoms with Crippen molar-refractivity contribution in [3.8, 4) is 0 Å². The van der Waals surface area contributed by atoms with E-state index in [1.54, 1.807) is 4.90 Å². The van der Waals surface area contributed by atoms with E-state index in [0.29, 0.717) is 18.4 Å². The monoisotopic (exact) mass is 448 g/mol. The van der Waals surface area contributed by atoms with Crippen LogP contribution in [0.2, 0.25) is 0 Å². The molecular weight excluding hydrogens is 428 g/mol. The van der Waals surface area contributed by atoms with Crippen LogP contribution in [0.1, 0.15) is 47.6 Å². The lowest BCUT2D eigenvalue weighted by molar-refractivity contribution is -0.142. The van der Waals surface area contributed by atoms with Gasteiger partial charge in [-0.3, -0.25) is 9.59 Å². The largest absolute Gasteiger partial charge is 0.342 e. The van der Waals surface area contributed by atoms with Crippen LogP contribution in [0.25, 0.3) is 0 Å². The first-order valence-corrected chi connectivity index (χ1v) is 10.5. The summed E-state index contributed by atoms with van der Waals surface area (Å²) in [4.78, 5) is 28.9. The predicted molar refractivity (Wildman–Crippen MR) is 104 cm³/mol. The Bertz CT molecular complexity index is 1060. The summed E-state index contributed by atoms with van der Waals surface area (Å²) in [6, 6.07) is 5.96. The highest BCUT2D eigenvalue weighted by Crippen LogP contribution is 2.47. The fourth-order valence-corrected chi connectivity index (χ4v) is 5.07. The summed E-state index contributed by atoms with van der Waals surface area (Å²) in [5.41, 5.74) is -1.39. The van der Waals surface area contributed by atoms with E-state index < -0.39 is 52.6 Å². The summed E-state index contributed by atoms with van der Waals surface area (Å²) >= 11 is 0. The van der Waals surface area contributed by atoms with E-state index in [-0.39, 0.29) is 31.8 Å². The summed E-state index contributed by atoms with van der Waals surface area (Å²) in [5, 5.41) is 0. The van der Waals surface area contributed by atoms with Crippen LogP contribution in [-0.4, -0.2) is 46.5 Å². The van der Waals surface area contributed by atoms with Crippen LogP contribution in [0.3, 0.4) is 0 Å². The van der Waals surface area contributed by atoms with Gasteiger partial charge in [-0.1, -0.05) is 6.07 Å². The van der Waals surface area contributed by atoms with Crippen molar-refractivity contribution in [2.45, 2.75) is 43.6 Å². The third kappa shape index (κ3) is 3.26. The van der Waals surface area contributed by atoms with Gasteiger partial charge in [0.05, 0.1) is 6.04 Å². The van der Waals surface area contributed by atoms with Crippen molar-refractivity contribution in [1.82, 2.24) is 9.80 Å². The van der Waals surface area contributed by atoms with Crippen molar-refractivity contribution in [1.29, 1.82) is 0 Å². The molecule has 3 aliphatic rings. The molecular formula is C23H20F4N2O3. The lowest BCUT2D eigenvalue weighted by Crippen LogP contribution is -2.51. The van der Waals surface area contributed by atoms with Crippen molar-refractivity contribution in [2.75, 3.05) is 13.1 Å². The molecule has 2 unspecified atom stereocenters. The van der Waals surface area contributed by atoms with Gasteiger partial charge in [0, 0.05) is 32.0 Å². The van der Waals surface area contributed by atoms with Crippen LogP contribution in [0.4, 0.5) is 17.6 Å². The molecule has 1 spiro atoms. The Hall–Kier alpha value is -2.94. The number of benzene rings is 2. The molecule has 3 saturated heterocycles. The van der Waals surface area contributed by atoms with Crippen LogP contribution in [-0.2, 0) is 9.53 Å². The zero-order valence-corrected chi connectivity index (χ0v) is 17.0. The van der Waals surface area contributed by atoms with E-state index in [1.165, 1.54) is 23.1 Å².